The average Bonchev–Trinajstić information content (AvgIpc) is 2.98. The summed E-state index contributed by atoms with van der Waals surface area (Å²) in [6.07, 6.45) is 0. The summed E-state index contributed by atoms with van der Waals surface area (Å²) >= 11 is 0. The summed E-state index contributed by atoms with van der Waals surface area (Å²) in [6, 6.07) is 15.3. The fourth-order valence-corrected chi connectivity index (χ4v) is 5.53. The lowest BCUT2D eigenvalue weighted by atomic mass is 10.2. The summed E-state index contributed by atoms with van der Waals surface area (Å²) in [5.74, 6) is 1.23. The van der Waals surface area contributed by atoms with Crippen molar-refractivity contribution in [2.45, 2.75) is 11.4 Å². The van der Waals surface area contributed by atoms with Crippen molar-refractivity contribution in [1.29, 1.82) is 0 Å². The number of nitrogens with zero attached hydrogens (tertiary/aromatic N) is 5. The maximum absolute atomic E-state index is 11.0. The normalized spacial score (nSPS) is 20.4. The van der Waals surface area contributed by atoms with Crippen LogP contribution in [0.25, 0.3) is 10.9 Å². The van der Waals surface area contributed by atoms with Gasteiger partial charge in [-0.3, -0.25) is 9.11 Å². The van der Waals surface area contributed by atoms with Crippen LogP contribution in [0.1, 0.15) is 5.56 Å². The number of fused-ring (bicyclic) bond motifs is 2. The van der Waals surface area contributed by atoms with Gasteiger partial charge in [0.05, 0.1) is 17.0 Å². The smallest absolute Gasteiger partial charge is 0.228 e. The Balaban J connectivity index is 1.63. The van der Waals surface area contributed by atoms with Gasteiger partial charge in [0.1, 0.15) is 0 Å². The van der Waals surface area contributed by atoms with Gasteiger partial charge in [-0.15, -0.1) is 0 Å². The third kappa shape index (κ3) is 2.80. The first-order valence-electron chi connectivity index (χ1n) is 9.38. The van der Waals surface area contributed by atoms with Crippen molar-refractivity contribution in [3.63, 3.8) is 0 Å². The fraction of sp³-hybridized carbons (Fsp3) is 0.300. The lowest BCUT2D eigenvalue weighted by molar-refractivity contribution is 0.311. The topological polar surface area (TPSA) is 76.0 Å². The van der Waals surface area contributed by atoms with E-state index < -0.39 is 10.8 Å². The quantitative estimate of drug-likeness (QED) is 0.686. The van der Waals surface area contributed by atoms with Gasteiger partial charge in [-0.1, -0.05) is 41.1 Å². The van der Waals surface area contributed by atoms with Crippen LogP contribution >= 0.6 is 10.8 Å². The number of para-hydroxylation sites is 1. The van der Waals surface area contributed by atoms with Gasteiger partial charge in [-0.05, 0) is 30.8 Å². The molecule has 3 aromatic rings. The highest BCUT2D eigenvalue weighted by Crippen LogP contribution is 2.60. The van der Waals surface area contributed by atoms with E-state index in [1.165, 1.54) is 0 Å². The van der Waals surface area contributed by atoms with Gasteiger partial charge in [-0.25, -0.2) is 9.29 Å². The second-order valence-electron chi connectivity index (χ2n) is 7.32. The summed E-state index contributed by atoms with van der Waals surface area (Å²) in [5.41, 5.74) is 1.74. The number of benzene rings is 2. The second kappa shape index (κ2) is 6.59. The Hall–Kier alpha value is -2.39. The summed E-state index contributed by atoms with van der Waals surface area (Å²) in [7, 11) is -1.02. The number of anilines is 2. The van der Waals surface area contributed by atoms with Crippen LogP contribution in [-0.4, -0.2) is 57.2 Å². The van der Waals surface area contributed by atoms with E-state index >= 15 is 0 Å². The lowest BCUT2D eigenvalue weighted by Gasteiger charge is -2.39. The molecule has 2 aliphatic rings. The molecule has 0 aliphatic carbocycles. The SMILES string of the molecule is CN1CCN(c2nc(N3Cc4ccccc4S3(O)O)c3ccccc3n2)CC1. The molecule has 28 heavy (non-hydrogen) atoms. The molecule has 0 spiro atoms. The van der Waals surface area contributed by atoms with E-state index in [-0.39, 0.29) is 0 Å². The van der Waals surface area contributed by atoms with Crippen LogP contribution in [0.3, 0.4) is 0 Å². The van der Waals surface area contributed by atoms with Crippen LogP contribution in [0, 0.1) is 0 Å². The monoisotopic (exact) mass is 397 g/mol. The number of piperazine rings is 1. The zero-order chi connectivity index (χ0) is 19.3. The predicted molar refractivity (Wildman–Crippen MR) is 113 cm³/mol. The van der Waals surface area contributed by atoms with Crippen molar-refractivity contribution in [2.24, 2.45) is 0 Å². The molecule has 7 nitrogen and oxygen atoms in total. The van der Waals surface area contributed by atoms with Crippen LogP contribution in [0.5, 0.6) is 0 Å². The van der Waals surface area contributed by atoms with E-state index in [0.29, 0.717) is 23.2 Å². The van der Waals surface area contributed by atoms with E-state index in [2.05, 4.69) is 16.8 Å². The fourth-order valence-electron chi connectivity index (χ4n) is 3.85. The number of rotatable bonds is 2. The molecule has 0 saturated carbocycles. The molecule has 0 amide bonds. The first kappa shape index (κ1) is 17.7. The minimum absolute atomic E-state index is 0.418. The van der Waals surface area contributed by atoms with Gasteiger partial charge in [0.15, 0.2) is 5.82 Å². The molecule has 146 valence electrons. The lowest BCUT2D eigenvalue weighted by Crippen LogP contribution is -2.45. The van der Waals surface area contributed by atoms with Gasteiger partial charge < -0.3 is 9.80 Å². The molecule has 1 aromatic heterocycles. The molecule has 2 aromatic carbocycles. The highest BCUT2D eigenvalue weighted by atomic mass is 32.3. The molecule has 0 atom stereocenters. The molecule has 2 N–H and O–H groups in total. The second-order valence-corrected chi connectivity index (χ2v) is 9.24. The molecule has 0 radical (unpaired) electrons. The third-order valence-corrected chi connectivity index (χ3v) is 7.39. The zero-order valence-corrected chi connectivity index (χ0v) is 16.5. The maximum Gasteiger partial charge on any atom is 0.228 e. The molecule has 5 rings (SSSR count). The van der Waals surface area contributed by atoms with Crippen molar-refractivity contribution in [3.8, 4) is 0 Å². The minimum Gasteiger partial charge on any atom is -0.338 e. The highest BCUT2D eigenvalue weighted by molar-refractivity contribution is 8.25. The van der Waals surface area contributed by atoms with Crippen LogP contribution in [0.4, 0.5) is 11.8 Å². The Bertz CT molecular complexity index is 1040. The maximum atomic E-state index is 11.0. The molecule has 1 fully saturated rings. The van der Waals surface area contributed by atoms with Crippen molar-refractivity contribution in [1.82, 2.24) is 14.9 Å². The van der Waals surface area contributed by atoms with Crippen LogP contribution in [0.2, 0.25) is 0 Å². The van der Waals surface area contributed by atoms with Crippen LogP contribution in [0.15, 0.2) is 53.4 Å². The van der Waals surface area contributed by atoms with E-state index in [1.54, 1.807) is 10.4 Å². The highest BCUT2D eigenvalue weighted by Gasteiger charge is 2.37. The number of hydrogen-bond donors (Lipinski definition) is 2. The van der Waals surface area contributed by atoms with Crippen molar-refractivity contribution in [3.05, 3.63) is 54.1 Å². The van der Waals surface area contributed by atoms with E-state index in [0.717, 1.165) is 42.6 Å². The summed E-state index contributed by atoms with van der Waals surface area (Å²) in [4.78, 5) is 14.6. The van der Waals surface area contributed by atoms with E-state index in [9.17, 15) is 9.11 Å². The molecule has 0 bridgehead atoms. The zero-order valence-electron chi connectivity index (χ0n) is 15.7. The van der Waals surface area contributed by atoms with Gasteiger partial charge in [0, 0.05) is 31.6 Å². The standard InChI is InChI=1S/C20H23N5O2S/c1-23-10-12-24(13-11-23)20-21-17-8-4-3-7-16(17)19(22-20)25-14-15-6-2-5-9-18(15)28(25,26)27/h2-9,26-27H,10-14H2,1H3. The van der Waals surface area contributed by atoms with Gasteiger partial charge >= 0.3 is 0 Å². The Kier molecular flexibility index (Phi) is 4.17. The average molecular weight is 398 g/mol. The van der Waals surface area contributed by atoms with Gasteiger partial charge in [0.2, 0.25) is 5.95 Å². The summed E-state index contributed by atoms with van der Waals surface area (Å²) in [6.45, 7) is 4.03. The van der Waals surface area contributed by atoms with Crippen molar-refractivity contribution < 1.29 is 9.11 Å². The largest absolute Gasteiger partial charge is 0.338 e. The third-order valence-electron chi connectivity index (χ3n) is 5.48. The molecule has 0 unspecified atom stereocenters. The number of likely N-dealkylation sites (N-methyl/N-ethyl adjacent to an activating group) is 1. The number of aromatic nitrogens is 2. The minimum atomic E-state index is -3.13. The first-order chi connectivity index (χ1) is 13.5. The van der Waals surface area contributed by atoms with Gasteiger partial charge in [0.25, 0.3) is 0 Å². The molecular weight excluding hydrogens is 374 g/mol. The van der Waals surface area contributed by atoms with Crippen molar-refractivity contribution >= 4 is 33.4 Å². The van der Waals surface area contributed by atoms with E-state index in [1.807, 2.05) is 42.5 Å². The molecule has 8 heteroatoms. The summed E-state index contributed by atoms with van der Waals surface area (Å²) in [5, 5.41) is 0.827. The Labute approximate surface area is 165 Å². The van der Waals surface area contributed by atoms with E-state index in [4.69, 9.17) is 9.97 Å². The molecule has 1 saturated heterocycles. The molecule has 3 heterocycles. The Morgan fingerprint density at radius 2 is 1.61 bits per heavy atom. The first-order valence-corrected chi connectivity index (χ1v) is 10.9. The van der Waals surface area contributed by atoms with Crippen LogP contribution in [-0.2, 0) is 6.54 Å². The number of hydrogen-bond acceptors (Lipinski definition) is 7. The molecular formula is C20H23N5O2S. The van der Waals surface area contributed by atoms with Crippen molar-refractivity contribution in [2.75, 3.05) is 42.4 Å². The Morgan fingerprint density at radius 3 is 2.39 bits per heavy atom. The predicted octanol–water partition coefficient (Wildman–Crippen LogP) is 3.43. The molecule has 2 aliphatic heterocycles. The van der Waals surface area contributed by atoms with Crippen LogP contribution < -0.4 is 9.21 Å². The summed E-state index contributed by atoms with van der Waals surface area (Å²) < 4.78 is 23.7. The Morgan fingerprint density at radius 1 is 0.893 bits per heavy atom. The van der Waals surface area contributed by atoms with Gasteiger partial charge in [-0.2, -0.15) is 4.98 Å².